The molecule has 2 nitrogen and oxygen atoms in total. The largest absolute Gasteiger partial charge is 0.396 e. The second-order valence-electron chi connectivity index (χ2n) is 4.07. The average Bonchev–Trinajstić information content (AvgIpc) is 2.30. The smallest absolute Gasteiger partial charge is 0.0446 e. The van der Waals surface area contributed by atoms with Crippen LogP contribution in [-0.2, 0) is 0 Å². The summed E-state index contributed by atoms with van der Waals surface area (Å²) in [5.74, 6) is 1.02. The highest BCUT2D eigenvalue weighted by Gasteiger charge is 2.14. The maximum Gasteiger partial charge on any atom is 0.0446 e. The first-order valence-corrected chi connectivity index (χ1v) is 7.98. The van der Waals surface area contributed by atoms with Gasteiger partial charge in [-0.05, 0) is 31.2 Å². The molecule has 0 saturated carbocycles. The van der Waals surface area contributed by atoms with Crippen molar-refractivity contribution in [3.63, 3.8) is 0 Å². The van der Waals surface area contributed by atoms with Crippen molar-refractivity contribution in [2.75, 3.05) is 18.6 Å². The van der Waals surface area contributed by atoms with Crippen LogP contribution in [0, 0.1) is 0 Å². The van der Waals surface area contributed by atoms with Gasteiger partial charge in [-0.15, -0.1) is 0 Å². The molecule has 17 heavy (non-hydrogen) atoms. The average molecular weight is 318 g/mol. The molecule has 0 unspecified atom stereocenters. The highest BCUT2D eigenvalue weighted by molar-refractivity contribution is 9.10. The zero-order valence-electron chi connectivity index (χ0n) is 10.3. The summed E-state index contributed by atoms with van der Waals surface area (Å²) in [6.45, 7) is 2.39. The second kappa shape index (κ2) is 8.14. The van der Waals surface area contributed by atoms with Crippen molar-refractivity contribution in [3.05, 3.63) is 34.3 Å². The van der Waals surface area contributed by atoms with E-state index in [2.05, 4.69) is 46.6 Å². The molecule has 0 heterocycles. The van der Waals surface area contributed by atoms with E-state index in [4.69, 9.17) is 5.11 Å². The number of thioether (sulfide) groups is 1. The van der Waals surface area contributed by atoms with E-state index in [0.717, 1.165) is 16.6 Å². The first-order chi connectivity index (χ1) is 8.19. The lowest BCUT2D eigenvalue weighted by molar-refractivity contribution is 0.265. The van der Waals surface area contributed by atoms with Crippen molar-refractivity contribution in [2.24, 2.45) is 0 Å². The predicted molar refractivity (Wildman–Crippen MR) is 79.6 cm³/mol. The number of rotatable bonds is 7. The molecule has 0 aromatic heterocycles. The predicted octanol–water partition coefficient (Wildman–Crippen LogP) is 3.21. The molecule has 0 amide bonds. The Kier molecular flexibility index (Phi) is 7.19. The molecule has 0 fully saturated rings. The van der Waals surface area contributed by atoms with E-state index in [1.165, 1.54) is 5.56 Å². The van der Waals surface area contributed by atoms with Crippen LogP contribution in [-0.4, -0.2) is 29.8 Å². The van der Waals surface area contributed by atoms with E-state index in [1.54, 1.807) is 11.8 Å². The van der Waals surface area contributed by atoms with Gasteiger partial charge in [0.15, 0.2) is 0 Å². The topological polar surface area (TPSA) is 32.3 Å². The highest BCUT2D eigenvalue weighted by atomic mass is 79.9. The molecular weight excluding hydrogens is 298 g/mol. The van der Waals surface area contributed by atoms with Gasteiger partial charge in [-0.1, -0.05) is 34.1 Å². The van der Waals surface area contributed by atoms with Crippen LogP contribution in [0.15, 0.2) is 28.7 Å². The number of aliphatic hydroxyl groups is 1. The number of hydrogen-bond acceptors (Lipinski definition) is 3. The summed E-state index contributed by atoms with van der Waals surface area (Å²) in [5, 5.41) is 12.6. The Labute approximate surface area is 116 Å². The molecule has 1 aromatic rings. The van der Waals surface area contributed by atoms with E-state index < -0.39 is 0 Å². The molecule has 0 radical (unpaired) electrons. The van der Waals surface area contributed by atoms with Crippen molar-refractivity contribution in [1.29, 1.82) is 0 Å². The first kappa shape index (κ1) is 15.0. The third-order valence-corrected chi connectivity index (χ3v) is 4.16. The summed E-state index contributed by atoms with van der Waals surface area (Å²) in [5.41, 5.74) is 1.26. The molecule has 2 N–H and O–H groups in total. The van der Waals surface area contributed by atoms with Gasteiger partial charge in [0.2, 0.25) is 0 Å². The third-order valence-electron chi connectivity index (χ3n) is 2.70. The summed E-state index contributed by atoms with van der Waals surface area (Å²) in [7, 11) is 0. The summed E-state index contributed by atoms with van der Waals surface area (Å²) in [4.78, 5) is 0. The van der Waals surface area contributed by atoms with Crippen LogP contribution in [0.4, 0.5) is 0 Å². The van der Waals surface area contributed by atoms with Gasteiger partial charge in [-0.2, -0.15) is 11.8 Å². The Morgan fingerprint density at radius 2 is 2.12 bits per heavy atom. The Bertz CT molecular complexity index is 329. The zero-order chi connectivity index (χ0) is 12.7. The quantitative estimate of drug-likeness (QED) is 0.810. The molecule has 96 valence electrons. The number of nitrogens with one attached hydrogen (secondary N) is 1. The van der Waals surface area contributed by atoms with Crippen molar-refractivity contribution < 1.29 is 5.11 Å². The van der Waals surface area contributed by atoms with Gasteiger partial charge in [-0.25, -0.2) is 0 Å². The third kappa shape index (κ3) is 5.00. The van der Waals surface area contributed by atoms with E-state index in [1.807, 2.05) is 12.1 Å². The number of aliphatic hydroxyl groups excluding tert-OH is 1. The number of hydrogen-bond donors (Lipinski definition) is 2. The van der Waals surface area contributed by atoms with Crippen LogP contribution in [0.25, 0.3) is 0 Å². The van der Waals surface area contributed by atoms with E-state index in [-0.39, 0.29) is 12.6 Å². The van der Waals surface area contributed by atoms with Gasteiger partial charge in [0, 0.05) is 28.9 Å². The summed E-state index contributed by atoms with van der Waals surface area (Å²) < 4.78 is 1.13. The first-order valence-electron chi connectivity index (χ1n) is 5.79. The monoisotopic (exact) mass is 317 g/mol. The van der Waals surface area contributed by atoms with Crippen molar-refractivity contribution >= 4 is 27.7 Å². The van der Waals surface area contributed by atoms with Gasteiger partial charge in [0.05, 0.1) is 0 Å². The Morgan fingerprint density at radius 3 is 2.71 bits per heavy atom. The Morgan fingerprint density at radius 1 is 1.41 bits per heavy atom. The summed E-state index contributed by atoms with van der Waals surface area (Å²) >= 11 is 5.38. The fourth-order valence-corrected chi connectivity index (χ4v) is 3.13. The van der Waals surface area contributed by atoms with Crippen LogP contribution >= 0.6 is 27.7 Å². The van der Waals surface area contributed by atoms with Gasteiger partial charge >= 0.3 is 0 Å². The molecule has 1 aromatic carbocycles. The summed E-state index contributed by atoms with van der Waals surface area (Å²) in [6, 6.07) is 8.90. The molecule has 2 atom stereocenters. The Balaban J connectivity index is 2.63. The van der Waals surface area contributed by atoms with Crippen LogP contribution in [0.1, 0.15) is 24.9 Å². The molecule has 0 aliphatic carbocycles. The van der Waals surface area contributed by atoms with Crippen molar-refractivity contribution in [3.8, 4) is 0 Å². The molecule has 0 bridgehead atoms. The van der Waals surface area contributed by atoms with Crippen LogP contribution in [0.5, 0.6) is 0 Å². The lowest BCUT2D eigenvalue weighted by atomic mass is 10.1. The fraction of sp³-hybridized carbons (Fsp3) is 0.538. The SMILES string of the molecule is CSC[C@H](CCO)N[C@@H](C)c1ccccc1Br. The van der Waals surface area contributed by atoms with Crippen molar-refractivity contribution in [1.82, 2.24) is 5.32 Å². The van der Waals surface area contributed by atoms with E-state index in [0.29, 0.717) is 6.04 Å². The maximum absolute atomic E-state index is 9.04. The fourth-order valence-electron chi connectivity index (χ4n) is 1.84. The maximum atomic E-state index is 9.04. The lowest BCUT2D eigenvalue weighted by Crippen LogP contribution is -2.34. The highest BCUT2D eigenvalue weighted by Crippen LogP contribution is 2.23. The molecule has 0 aliphatic rings. The van der Waals surface area contributed by atoms with Gasteiger partial charge in [0.1, 0.15) is 0 Å². The van der Waals surface area contributed by atoms with Gasteiger partial charge < -0.3 is 10.4 Å². The molecule has 0 saturated heterocycles. The minimum Gasteiger partial charge on any atom is -0.396 e. The zero-order valence-corrected chi connectivity index (χ0v) is 12.7. The van der Waals surface area contributed by atoms with E-state index in [9.17, 15) is 0 Å². The molecule has 4 heteroatoms. The minimum absolute atomic E-state index is 0.237. The molecular formula is C13H20BrNOS. The number of halogens is 1. The van der Waals surface area contributed by atoms with E-state index >= 15 is 0 Å². The normalized spacial score (nSPS) is 14.6. The molecule has 0 spiro atoms. The lowest BCUT2D eigenvalue weighted by Gasteiger charge is -2.23. The second-order valence-corrected chi connectivity index (χ2v) is 5.84. The van der Waals surface area contributed by atoms with Gasteiger partial charge in [0.25, 0.3) is 0 Å². The molecule has 1 rings (SSSR count). The van der Waals surface area contributed by atoms with Crippen LogP contribution in [0.2, 0.25) is 0 Å². The molecule has 0 aliphatic heterocycles. The van der Waals surface area contributed by atoms with Crippen LogP contribution in [0.3, 0.4) is 0 Å². The standard InChI is InChI=1S/C13H20BrNOS/c1-10(12-5-3-4-6-13(12)14)15-11(7-8-16)9-17-2/h3-6,10-11,15-16H,7-9H2,1-2H3/t10-,11-/m0/s1. The van der Waals surface area contributed by atoms with Crippen LogP contribution < -0.4 is 5.32 Å². The number of benzene rings is 1. The van der Waals surface area contributed by atoms with Crippen molar-refractivity contribution in [2.45, 2.75) is 25.4 Å². The van der Waals surface area contributed by atoms with Gasteiger partial charge in [-0.3, -0.25) is 0 Å². The summed E-state index contributed by atoms with van der Waals surface area (Å²) in [6.07, 6.45) is 2.89. The Hall–Kier alpha value is -0.0300. The minimum atomic E-state index is 0.237.